The number of hydrogen-bond donors (Lipinski definition) is 3. The zero-order valence-electron chi connectivity index (χ0n) is 31.3. The Morgan fingerprint density at radius 1 is 0.500 bits per heavy atom. The van der Waals surface area contributed by atoms with Crippen LogP contribution in [0.2, 0.25) is 0 Å². The zero-order valence-corrected chi connectivity index (χ0v) is 31.3. The largest absolute Gasteiger partial charge is 0.467 e. The van der Waals surface area contributed by atoms with Crippen molar-refractivity contribution in [3.8, 4) is 0 Å². The van der Waals surface area contributed by atoms with Crippen LogP contribution in [0.5, 0.6) is 0 Å². The number of carbonyl (C=O) groups is 7. The van der Waals surface area contributed by atoms with E-state index in [9.17, 15) is 33.6 Å². The molecule has 0 aromatic carbocycles. The van der Waals surface area contributed by atoms with Crippen LogP contribution in [0.1, 0.15) is 119 Å². The van der Waals surface area contributed by atoms with Crippen LogP contribution in [0, 0.1) is 41.4 Å². The average molecular weight is 708 g/mol. The van der Waals surface area contributed by atoms with Crippen molar-refractivity contribution in [1.29, 1.82) is 0 Å². The fourth-order valence-electron chi connectivity index (χ4n) is 6.79. The molecular formula is C37H61N3O10. The van der Waals surface area contributed by atoms with E-state index in [0.29, 0.717) is 70.6 Å². The van der Waals surface area contributed by atoms with Crippen LogP contribution in [0.3, 0.4) is 0 Å². The first-order chi connectivity index (χ1) is 23.5. The van der Waals surface area contributed by atoms with Crippen LogP contribution in [0.25, 0.3) is 0 Å². The molecule has 2 aliphatic rings. The van der Waals surface area contributed by atoms with Gasteiger partial charge in [-0.25, -0.2) is 14.4 Å². The van der Waals surface area contributed by atoms with Crippen LogP contribution in [-0.4, -0.2) is 73.4 Å². The van der Waals surface area contributed by atoms with Gasteiger partial charge in [0.15, 0.2) is 0 Å². The van der Waals surface area contributed by atoms with E-state index >= 15 is 0 Å². The van der Waals surface area contributed by atoms with Crippen molar-refractivity contribution in [3.05, 3.63) is 0 Å². The van der Waals surface area contributed by atoms with Crippen molar-refractivity contribution in [2.24, 2.45) is 41.4 Å². The minimum atomic E-state index is -0.963. The second-order valence-corrected chi connectivity index (χ2v) is 15.3. The van der Waals surface area contributed by atoms with E-state index in [-0.39, 0.29) is 59.0 Å². The summed E-state index contributed by atoms with van der Waals surface area (Å²) in [7, 11) is 1.29. The summed E-state index contributed by atoms with van der Waals surface area (Å²) < 4.78 is 15.4. The Bertz CT molecular complexity index is 1170. The number of nitrogens with one attached hydrogen (secondary N) is 3. The van der Waals surface area contributed by atoms with E-state index in [1.807, 2.05) is 41.5 Å². The number of rotatable bonds is 18. The number of ether oxygens (including phenoxy) is 3. The summed E-state index contributed by atoms with van der Waals surface area (Å²) in [4.78, 5) is 89.0. The zero-order chi connectivity index (χ0) is 37.5. The van der Waals surface area contributed by atoms with Gasteiger partial charge in [-0.15, -0.1) is 0 Å². The quantitative estimate of drug-likeness (QED) is 0.139. The minimum Gasteiger partial charge on any atom is -0.467 e. The summed E-state index contributed by atoms with van der Waals surface area (Å²) in [5.74, 6) is -3.36. The molecule has 0 radical (unpaired) electrons. The number of Topliss-reactive ketones (excluding diaryl/α,β-unsaturated/α-hetero) is 1. The maximum absolute atomic E-state index is 13.2. The molecule has 13 heteroatoms. The Kier molecular flexibility index (Phi) is 17.9. The van der Waals surface area contributed by atoms with Crippen LogP contribution in [-0.2, 0) is 47.8 Å². The Balaban J connectivity index is 1.89. The van der Waals surface area contributed by atoms with Gasteiger partial charge in [-0.2, -0.15) is 0 Å². The molecule has 3 unspecified atom stereocenters. The molecule has 2 fully saturated rings. The molecular weight excluding hydrogens is 646 g/mol. The SMILES string of the molecule is COC(=O)C(CC(C)C)NC(=O)C1CCC(C(=O)NC(CC(C)C)C(=O)OCOC(=O)C(CC(C)C)NC(=O)C2CCC(C(C)=O)CC2)CC1. The smallest absolute Gasteiger partial charge is 0.331 e. The van der Waals surface area contributed by atoms with E-state index in [1.54, 1.807) is 6.92 Å². The van der Waals surface area contributed by atoms with E-state index < -0.39 is 48.7 Å². The summed E-state index contributed by atoms with van der Waals surface area (Å²) in [6.45, 7) is 12.5. The highest BCUT2D eigenvalue weighted by Crippen LogP contribution is 2.31. The first kappa shape index (κ1) is 42.7. The van der Waals surface area contributed by atoms with Crippen LogP contribution < -0.4 is 16.0 Å². The van der Waals surface area contributed by atoms with Gasteiger partial charge in [0.1, 0.15) is 23.9 Å². The molecule has 0 aromatic rings. The van der Waals surface area contributed by atoms with Gasteiger partial charge in [0.2, 0.25) is 24.5 Å². The fraction of sp³-hybridized carbons (Fsp3) is 0.811. The van der Waals surface area contributed by atoms with Crippen molar-refractivity contribution in [3.63, 3.8) is 0 Å². The molecule has 0 spiro atoms. The predicted molar refractivity (Wildman–Crippen MR) is 185 cm³/mol. The summed E-state index contributed by atoms with van der Waals surface area (Å²) >= 11 is 0. The van der Waals surface area contributed by atoms with Gasteiger partial charge in [0.05, 0.1) is 7.11 Å². The van der Waals surface area contributed by atoms with Gasteiger partial charge < -0.3 is 30.2 Å². The second-order valence-electron chi connectivity index (χ2n) is 15.3. The lowest BCUT2D eigenvalue weighted by atomic mass is 9.80. The Labute approximate surface area is 297 Å². The monoisotopic (exact) mass is 707 g/mol. The number of carbonyl (C=O) groups excluding carboxylic acids is 7. The third kappa shape index (κ3) is 14.4. The lowest BCUT2D eigenvalue weighted by Gasteiger charge is -2.29. The molecule has 0 bridgehead atoms. The molecule has 3 N–H and O–H groups in total. The molecule has 0 saturated heterocycles. The van der Waals surface area contributed by atoms with Crippen molar-refractivity contribution < 1.29 is 47.8 Å². The predicted octanol–water partition coefficient (Wildman–Crippen LogP) is 4.00. The second kappa shape index (κ2) is 21.0. The van der Waals surface area contributed by atoms with Crippen molar-refractivity contribution in [2.45, 2.75) is 137 Å². The summed E-state index contributed by atoms with van der Waals surface area (Å²) in [5, 5.41) is 8.42. The standard InChI is InChI=1S/C37H61N3O10/c1-21(2)17-29(35(45)48-8)38-32(42)27-13-15-28(16-14-27)34(44)40-31(19-23(5)6)37(47)50-20-49-36(46)30(18-22(3)4)39-33(43)26-11-9-25(10-12-26)24(7)41/h21-23,25-31H,9-20H2,1-8H3,(H,38,42)(H,39,43)(H,40,44). The van der Waals surface area contributed by atoms with Gasteiger partial charge in [-0.1, -0.05) is 41.5 Å². The molecule has 0 aliphatic heterocycles. The van der Waals surface area contributed by atoms with Crippen molar-refractivity contribution >= 4 is 41.4 Å². The highest BCUT2D eigenvalue weighted by Gasteiger charge is 2.35. The first-order valence-corrected chi connectivity index (χ1v) is 18.3. The highest BCUT2D eigenvalue weighted by atomic mass is 16.7. The van der Waals surface area contributed by atoms with Gasteiger partial charge >= 0.3 is 17.9 Å². The molecule has 284 valence electrons. The van der Waals surface area contributed by atoms with Crippen LogP contribution >= 0.6 is 0 Å². The van der Waals surface area contributed by atoms with E-state index in [2.05, 4.69) is 16.0 Å². The number of amides is 3. The molecule has 2 aliphatic carbocycles. The first-order valence-electron chi connectivity index (χ1n) is 18.3. The fourth-order valence-corrected chi connectivity index (χ4v) is 6.79. The average Bonchev–Trinajstić information content (AvgIpc) is 3.06. The molecule has 3 amide bonds. The van der Waals surface area contributed by atoms with Crippen molar-refractivity contribution in [2.75, 3.05) is 13.9 Å². The number of esters is 3. The Hall–Kier alpha value is -3.51. The normalized spacial score (nSPS) is 22.5. The lowest BCUT2D eigenvalue weighted by molar-refractivity contribution is -0.172. The van der Waals surface area contributed by atoms with Gasteiger partial charge in [0.25, 0.3) is 0 Å². The van der Waals surface area contributed by atoms with Crippen LogP contribution in [0.4, 0.5) is 0 Å². The molecule has 2 rings (SSSR count). The van der Waals surface area contributed by atoms with E-state index in [4.69, 9.17) is 14.2 Å². The van der Waals surface area contributed by atoms with E-state index in [1.165, 1.54) is 7.11 Å². The van der Waals surface area contributed by atoms with Gasteiger partial charge in [-0.3, -0.25) is 19.2 Å². The maximum atomic E-state index is 13.2. The number of ketones is 1. The van der Waals surface area contributed by atoms with E-state index in [0.717, 1.165) is 0 Å². The molecule has 2 saturated carbocycles. The Morgan fingerprint density at radius 3 is 1.04 bits per heavy atom. The minimum absolute atomic E-state index is 0.0224. The Morgan fingerprint density at radius 2 is 0.780 bits per heavy atom. The van der Waals surface area contributed by atoms with Gasteiger partial charge in [0, 0.05) is 23.7 Å². The summed E-state index contributed by atoms with van der Waals surface area (Å²) in [5.41, 5.74) is 0. The molecule has 50 heavy (non-hydrogen) atoms. The van der Waals surface area contributed by atoms with Crippen molar-refractivity contribution in [1.82, 2.24) is 16.0 Å². The lowest BCUT2D eigenvalue weighted by Crippen LogP contribution is -2.48. The molecule has 3 atom stereocenters. The third-order valence-electron chi connectivity index (χ3n) is 9.67. The molecule has 0 heterocycles. The molecule has 0 aromatic heterocycles. The summed E-state index contributed by atoms with van der Waals surface area (Å²) in [6, 6.07) is -2.60. The highest BCUT2D eigenvalue weighted by molar-refractivity contribution is 5.88. The maximum Gasteiger partial charge on any atom is 0.331 e. The number of methoxy groups -OCH3 is 1. The third-order valence-corrected chi connectivity index (χ3v) is 9.67. The number of hydrogen-bond acceptors (Lipinski definition) is 10. The topological polar surface area (TPSA) is 183 Å². The summed E-state index contributed by atoms with van der Waals surface area (Å²) in [6.07, 6.45) is 5.35. The molecule has 13 nitrogen and oxygen atoms in total. The van der Waals surface area contributed by atoms with Gasteiger partial charge in [-0.05, 0) is 95.3 Å². The van der Waals surface area contributed by atoms with Crippen LogP contribution in [0.15, 0.2) is 0 Å².